The van der Waals surface area contributed by atoms with Gasteiger partial charge < -0.3 is 14.9 Å². The Morgan fingerprint density at radius 3 is 2.38 bits per heavy atom. The van der Waals surface area contributed by atoms with Crippen molar-refractivity contribution in [1.29, 1.82) is 0 Å². The summed E-state index contributed by atoms with van der Waals surface area (Å²) in [6, 6.07) is 0. The fraction of sp³-hybridized carbons (Fsp3) is 0.700. The predicted octanol–water partition coefficient (Wildman–Crippen LogP) is 2.34. The van der Waals surface area contributed by atoms with Crippen LogP contribution in [-0.2, 0) is 4.79 Å². The Kier molecular flexibility index (Phi) is 8.21. The van der Waals surface area contributed by atoms with E-state index in [1.165, 1.54) is 19.4 Å². The van der Waals surface area contributed by atoms with Crippen LogP contribution in [0.1, 0.15) is 19.8 Å². The lowest BCUT2D eigenvalue weighted by Gasteiger charge is -2.17. The van der Waals surface area contributed by atoms with Crippen molar-refractivity contribution in [2.24, 2.45) is 0 Å². The Labute approximate surface area is 106 Å². The molecule has 0 aliphatic carbocycles. The van der Waals surface area contributed by atoms with Gasteiger partial charge in [-0.25, -0.2) is 4.79 Å². The Morgan fingerprint density at radius 2 is 2.06 bits per heavy atom. The molecule has 0 radical (unpaired) electrons. The number of halogens is 2. The van der Waals surface area contributed by atoms with Gasteiger partial charge in [-0.15, -0.1) is 0 Å². The summed E-state index contributed by atoms with van der Waals surface area (Å²) in [6.45, 7) is 4.50. The summed E-state index contributed by atoms with van der Waals surface area (Å²) in [5, 5.41) is 7.73. The molecule has 1 aliphatic heterocycles. The normalized spacial score (nSPS) is 14.1. The van der Waals surface area contributed by atoms with Crippen molar-refractivity contribution in [2.45, 2.75) is 24.6 Å². The fourth-order valence-electron chi connectivity index (χ4n) is 1.10. The molecule has 0 amide bonds. The summed E-state index contributed by atoms with van der Waals surface area (Å²) in [4.78, 5) is 12.7. The summed E-state index contributed by atoms with van der Waals surface area (Å²) in [5.74, 6) is -1.21. The van der Waals surface area contributed by atoms with Crippen LogP contribution in [0.4, 0.5) is 0 Å². The molecule has 1 N–H and O–H groups in total. The largest absolute Gasteiger partial charge is 0.479 e. The number of nitrogens with zero attached hydrogens (tertiary/aromatic N) is 2. The number of unbranched alkanes of at least 4 members (excludes halogenated alkanes) is 1. The second-order valence-corrected chi connectivity index (χ2v) is 4.60. The summed E-state index contributed by atoms with van der Waals surface area (Å²) >= 11 is 9.56. The van der Waals surface area contributed by atoms with Gasteiger partial charge >= 0.3 is 5.97 Å². The Morgan fingerprint density at radius 1 is 1.50 bits per heavy atom. The van der Waals surface area contributed by atoms with Gasteiger partial charge in [0.1, 0.15) is 0 Å². The van der Waals surface area contributed by atoms with Crippen LogP contribution in [0.3, 0.4) is 0 Å². The van der Waals surface area contributed by atoms with Crippen LogP contribution in [0, 0.1) is 0 Å². The molecule has 16 heavy (non-hydrogen) atoms. The smallest absolute Gasteiger partial charge is 0.337 e. The number of aliphatic carboxylic acids is 1. The molecule has 0 atom stereocenters. The molecule has 0 saturated carbocycles. The fourth-order valence-corrected chi connectivity index (χ4v) is 1.10. The molecule has 1 heterocycles. The Hall–Kier alpha value is -0.610. The van der Waals surface area contributed by atoms with Gasteiger partial charge in [0.25, 0.3) is 0 Å². The molecule has 6 heteroatoms. The molecule has 0 aromatic carbocycles. The van der Waals surface area contributed by atoms with Crippen molar-refractivity contribution in [3.63, 3.8) is 0 Å². The van der Waals surface area contributed by atoms with E-state index < -0.39 is 10.8 Å². The molecule has 0 unspecified atom stereocenters. The number of hydrogen-bond donors (Lipinski definition) is 1. The average molecular weight is 269 g/mol. The molecule has 0 aromatic rings. The monoisotopic (exact) mass is 268 g/mol. The van der Waals surface area contributed by atoms with E-state index in [1.54, 1.807) is 0 Å². The van der Waals surface area contributed by atoms with Gasteiger partial charge in [-0.3, -0.25) is 0 Å². The zero-order valence-corrected chi connectivity index (χ0v) is 11.1. The van der Waals surface area contributed by atoms with Crippen molar-refractivity contribution in [2.75, 3.05) is 20.3 Å². The minimum Gasteiger partial charge on any atom is -0.479 e. The maximum Gasteiger partial charge on any atom is 0.337 e. The number of hydrogen-bond acceptors (Lipinski definition) is 3. The van der Waals surface area contributed by atoms with Gasteiger partial charge in [0.05, 0.1) is 6.67 Å². The Bertz CT molecular complexity index is 235. The topological polar surface area (TPSA) is 43.8 Å². The van der Waals surface area contributed by atoms with Gasteiger partial charge in [0, 0.05) is 26.0 Å². The lowest BCUT2D eigenvalue weighted by molar-refractivity contribution is -0.135. The second kappa shape index (κ2) is 8.53. The number of carboxylic acid groups (broad SMARTS) is 1. The van der Waals surface area contributed by atoms with Crippen LogP contribution in [0.25, 0.3) is 0 Å². The third-order valence-corrected chi connectivity index (χ3v) is 2.30. The standard InChI is InChI=1S/C8H16N2.C2H2Cl2O2/c1-3-4-5-10-7-6-9(2)8-10;3-1(4)2(5)6/h6-7H,3-5,8H2,1-2H3;1H,(H,5,6). The van der Waals surface area contributed by atoms with Gasteiger partial charge in [-0.05, 0) is 6.42 Å². The van der Waals surface area contributed by atoms with Gasteiger partial charge in [-0.2, -0.15) is 0 Å². The predicted molar refractivity (Wildman–Crippen MR) is 66.5 cm³/mol. The molecule has 1 aliphatic rings. The van der Waals surface area contributed by atoms with Crippen LogP contribution >= 0.6 is 23.2 Å². The van der Waals surface area contributed by atoms with Crippen molar-refractivity contribution >= 4 is 29.2 Å². The van der Waals surface area contributed by atoms with Gasteiger partial charge in [0.15, 0.2) is 0 Å². The molecule has 0 fully saturated rings. The van der Waals surface area contributed by atoms with Crippen LogP contribution in [0.2, 0.25) is 0 Å². The maximum atomic E-state index is 9.44. The molecule has 94 valence electrons. The molecule has 0 aromatic heterocycles. The second-order valence-electron chi connectivity index (χ2n) is 3.50. The maximum absolute atomic E-state index is 9.44. The highest BCUT2D eigenvalue weighted by Crippen LogP contribution is 2.04. The first kappa shape index (κ1) is 15.4. The lowest BCUT2D eigenvalue weighted by atomic mass is 10.3. The first-order valence-electron chi connectivity index (χ1n) is 5.11. The molecule has 1 rings (SSSR count). The minimum atomic E-state index is -1.29. The third kappa shape index (κ3) is 7.65. The minimum absolute atomic E-state index is 1.07. The highest BCUT2D eigenvalue weighted by molar-refractivity contribution is 6.52. The average Bonchev–Trinajstić information content (AvgIpc) is 2.62. The summed E-state index contributed by atoms with van der Waals surface area (Å²) in [6.07, 6.45) is 6.87. The number of carbonyl (C=O) groups is 1. The highest BCUT2D eigenvalue weighted by Gasteiger charge is 2.06. The van der Waals surface area contributed by atoms with Crippen molar-refractivity contribution < 1.29 is 9.90 Å². The SMILES string of the molecule is CCCCN1C=CN(C)C1.O=C(O)C(Cl)Cl. The van der Waals surface area contributed by atoms with E-state index in [0.29, 0.717) is 0 Å². The van der Waals surface area contributed by atoms with E-state index in [0.717, 1.165) is 6.67 Å². The van der Waals surface area contributed by atoms with Gasteiger partial charge in [0.2, 0.25) is 4.84 Å². The van der Waals surface area contributed by atoms with Crippen molar-refractivity contribution in [3.8, 4) is 0 Å². The summed E-state index contributed by atoms with van der Waals surface area (Å²) < 4.78 is 0. The quantitative estimate of drug-likeness (QED) is 0.795. The van der Waals surface area contributed by atoms with E-state index in [1.807, 2.05) is 0 Å². The van der Waals surface area contributed by atoms with Crippen LogP contribution in [-0.4, -0.2) is 46.0 Å². The van der Waals surface area contributed by atoms with E-state index in [4.69, 9.17) is 28.3 Å². The molecule has 0 spiro atoms. The number of rotatable bonds is 4. The Balaban J connectivity index is 0.000000325. The molecule has 0 bridgehead atoms. The van der Waals surface area contributed by atoms with Crippen molar-refractivity contribution in [1.82, 2.24) is 9.80 Å². The van der Waals surface area contributed by atoms with E-state index in [2.05, 4.69) is 36.2 Å². The molecular weight excluding hydrogens is 251 g/mol. The lowest BCUT2D eigenvalue weighted by Crippen LogP contribution is -2.23. The van der Waals surface area contributed by atoms with Crippen molar-refractivity contribution in [3.05, 3.63) is 12.4 Å². The van der Waals surface area contributed by atoms with Crippen LogP contribution in [0.15, 0.2) is 12.4 Å². The third-order valence-electron chi connectivity index (χ3n) is 1.92. The van der Waals surface area contributed by atoms with Crippen LogP contribution < -0.4 is 0 Å². The summed E-state index contributed by atoms with van der Waals surface area (Å²) in [5.41, 5.74) is 0. The first-order chi connectivity index (χ1) is 7.47. The first-order valence-corrected chi connectivity index (χ1v) is 5.98. The number of carboxylic acids is 1. The zero-order valence-electron chi connectivity index (χ0n) is 9.57. The zero-order chi connectivity index (χ0) is 12.6. The molecule has 0 saturated heterocycles. The highest BCUT2D eigenvalue weighted by atomic mass is 35.5. The van der Waals surface area contributed by atoms with Gasteiger partial charge in [-0.1, -0.05) is 36.5 Å². The molecule has 4 nitrogen and oxygen atoms in total. The van der Waals surface area contributed by atoms with E-state index in [-0.39, 0.29) is 0 Å². The van der Waals surface area contributed by atoms with E-state index in [9.17, 15) is 4.79 Å². The van der Waals surface area contributed by atoms with Crippen LogP contribution in [0.5, 0.6) is 0 Å². The number of alkyl halides is 2. The summed E-state index contributed by atoms with van der Waals surface area (Å²) in [7, 11) is 2.10. The molecular formula is C10H18Cl2N2O2. The van der Waals surface area contributed by atoms with E-state index >= 15 is 0 Å².